The minimum Gasteiger partial charge on any atom is -0.481 e. The Kier molecular flexibility index (Phi) is 2.24. The van der Waals surface area contributed by atoms with Crippen molar-refractivity contribution in [1.82, 2.24) is 10.1 Å². The minimum absolute atomic E-state index is 0.151. The molecule has 0 aliphatic rings. The predicted octanol–water partition coefficient (Wildman–Crippen LogP) is 1.27. The molecule has 0 aromatic carbocycles. The number of oxazole rings is 1. The van der Waals surface area contributed by atoms with Gasteiger partial charge in [0.15, 0.2) is 11.5 Å². The summed E-state index contributed by atoms with van der Waals surface area (Å²) in [6.07, 6.45) is 1.19. The summed E-state index contributed by atoms with van der Waals surface area (Å²) in [5.74, 6) is 0.224. The van der Waals surface area contributed by atoms with E-state index in [1.54, 1.807) is 13.0 Å². The minimum atomic E-state index is -0.986. The molecule has 0 unspecified atom stereocenters. The Morgan fingerprint density at radius 3 is 3.00 bits per heavy atom. The number of hydrogen-bond acceptors (Lipinski definition) is 5. The van der Waals surface area contributed by atoms with Crippen molar-refractivity contribution < 1.29 is 18.8 Å². The number of carboxylic acid groups (broad SMARTS) is 1. The molecule has 0 aliphatic heterocycles. The number of carbonyl (C=O) groups is 1. The summed E-state index contributed by atoms with van der Waals surface area (Å²) in [5, 5.41) is 12.2. The zero-order chi connectivity index (χ0) is 10.8. The fourth-order valence-electron chi connectivity index (χ4n) is 1.12. The van der Waals surface area contributed by atoms with Crippen molar-refractivity contribution in [2.24, 2.45) is 0 Å². The highest BCUT2D eigenvalue weighted by Gasteiger charge is 2.12. The van der Waals surface area contributed by atoms with E-state index in [9.17, 15) is 4.79 Å². The van der Waals surface area contributed by atoms with E-state index in [0.29, 0.717) is 17.2 Å². The number of nitrogens with zero attached hydrogens (tertiary/aromatic N) is 2. The van der Waals surface area contributed by atoms with Gasteiger partial charge < -0.3 is 14.0 Å². The summed E-state index contributed by atoms with van der Waals surface area (Å²) in [6, 6.07) is 1.69. The van der Waals surface area contributed by atoms with E-state index in [0.717, 1.165) is 0 Å². The van der Waals surface area contributed by atoms with Gasteiger partial charge in [0.25, 0.3) is 0 Å². The van der Waals surface area contributed by atoms with Crippen molar-refractivity contribution >= 4 is 5.97 Å². The van der Waals surface area contributed by atoms with Crippen LogP contribution in [0.3, 0.4) is 0 Å². The zero-order valence-corrected chi connectivity index (χ0v) is 7.93. The maximum Gasteiger partial charge on any atom is 0.312 e. The average Bonchev–Trinajstić information content (AvgIpc) is 2.72. The van der Waals surface area contributed by atoms with Crippen LogP contribution in [0.25, 0.3) is 11.5 Å². The lowest BCUT2D eigenvalue weighted by Gasteiger charge is -1.87. The van der Waals surface area contributed by atoms with Crippen LogP contribution in [0, 0.1) is 6.92 Å². The first kappa shape index (κ1) is 9.45. The highest BCUT2D eigenvalue weighted by molar-refractivity contribution is 5.69. The Hall–Kier alpha value is -2.11. The lowest BCUT2D eigenvalue weighted by Crippen LogP contribution is -1.99. The smallest absolute Gasteiger partial charge is 0.312 e. The predicted molar refractivity (Wildman–Crippen MR) is 48.1 cm³/mol. The highest BCUT2D eigenvalue weighted by atomic mass is 16.5. The van der Waals surface area contributed by atoms with Crippen molar-refractivity contribution in [1.29, 1.82) is 0 Å². The summed E-state index contributed by atoms with van der Waals surface area (Å²) in [6.45, 7) is 1.75. The Labute approximate surface area is 84.5 Å². The van der Waals surface area contributed by atoms with Gasteiger partial charge in [-0.1, -0.05) is 5.16 Å². The molecule has 2 heterocycles. The van der Waals surface area contributed by atoms with E-state index in [1.807, 2.05) is 0 Å². The fraction of sp³-hybridized carbons (Fsp3) is 0.222. The molecule has 0 bridgehead atoms. The first-order valence-corrected chi connectivity index (χ1v) is 4.25. The number of aliphatic carboxylic acids is 1. The van der Waals surface area contributed by atoms with Gasteiger partial charge in [0.1, 0.15) is 12.2 Å². The van der Waals surface area contributed by atoms with Crippen molar-refractivity contribution in [3.05, 3.63) is 23.9 Å². The number of rotatable bonds is 3. The molecule has 78 valence electrons. The van der Waals surface area contributed by atoms with Crippen LogP contribution < -0.4 is 0 Å². The first-order chi connectivity index (χ1) is 7.15. The molecular formula is C9H8N2O4. The van der Waals surface area contributed by atoms with Crippen LogP contribution in [0.5, 0.6) is 0 Å². The number of aryl methyl sites for hydroxylation is 1. The van der Waals surface area contributed by atoms with Gasteiger partial charge in [0.05, 0.1) is 6.20 Å². The van der Waals surface area contributed by atoms with Crippen LogP contribution in [0.1, 0.15) is 11.7 Å². The summed E-state index contributed by atoms with van der Waals surface area (Å²) in [4.78, 5) is 14.2. The van der Waals surface area contributed by atoms with Crippen LogP contribution in [0.4, 0.5) is 0 Å². The molecule has 0 atom stereocenters. The largest absolute Gasteiger partial charge is 0.481 e. The molecule has 0 aliphatic carbocycles. The van der Waals surface area contributed by atoms with E-state index in [-0.39, 0.29) is 12.3 Å². The molecule has 6 nitrogen and oxygen atoms in total. The lowest BCUT2D eigenvalue weighted by molar-refractivity contribution is -0.136. The molecule has 2 rings (SSSR count). The Morgan fingerprint density at radius 1 is 1.60 bits per heavy atom. The van der Waals surface area contributed by atoms with Crippen molar-refractivity contribution in [2.45, 2.75) is 13.3 Å². The number of aromatic nitrogens is 2. The third kappa shape index (κ3) is 2.04. The van der Waals surface area contributed by atoms with Crippen molar-refractivity contribution in [3.8, 4) is 11.5 Å². The van der Waals surface area contributed by atoms with Crippen molar-refractivity contribution in [2.75, 3.05) is 0 Å². The lowest BCUT2D eigenvalue weighted by atomic mass is 10.3. The average molecular weight is 208 g/mol. The van der Waals surface area contributed by atoms with Gasteiger partial charge in [-0.2, -0.15) is 0 Å². The van der Waals surface area contributed by atoms with Crippen LogP contribution in [0.2, 0.25) is 0 Å². The molecule has 0 spiro atoms. The Morgan fingerprint density at radius 2 is 2.40 bits per heavy atom. The Balaban J connectivity index is 2.23. The van der Waals surface area contributed by atoms with Crippen molar-refractivity contribution in [3.63, 3.8) is 0 Å². The third-order valence-electron chi connectivity index (χ3n) is 1.74. The van der Waals surface area contributed by atoms with Crippen LogP contribution in [0.15, 0.2) is 21.2 Å². The van der Waals surface area contributed by atoms with Gasteiger partial charge in [-0.3, -0.25) is 4.79 Å². The highest BCUT2D eigenvalue weighted by Crippen LogP contribution is 2.19. The van der Waals surface area contributed by atoms with E-state index in [2.05, 4.69) is 10.1 Å². The molecule has 0 saturated carbocycles. The van der Waals surface area contributed by atoms with Gasteiger partial charge in [0, 0.05) is 6.07 Å². The number of hydrogen-bond donors (Lipinski definition) is 1. The quantitative estimate of drug-likeness (QED) is 0.816. The summed E-state index contributed by atoms with van der Waals surface area (Å²) in [7, 11) is 0. The summed E-state index contributed by atoms with van der Waals surface area (Å²) in [5.41, 5.74) is 0.511. The standard InChI is InChI=1S/C9H8N2O4/c1-5-2-6(11-15-5)7-4-10-8(14-7)3-9(12)13/h2,4H,3H2,1H3,(H,12,13). The van der Waals surface area contributed by atoms with Crippen LogP contribution >= 0.6 is 0 Å². The monoisotopic (exact) mass is 208 g/mol. The maximum absolute atomic E-state index is 10.4. The fourth-order valence-corrected chi connectivity index (χ4v) is 1.12. The summed E-state index contributed by atoms with van der Waals surface area (Å²) >= 11 is 0. The van der Waals surface area contributed by atoms with E-state index in [4.69, 9.17) is 14.0 Å². The van der Waals surface area contributed by atoms with E-state index < -0.39 is 5.97 Å². The second kappa shape index (κ2) is 3.56. The second-order valence-corrected chi connectivity index (χ2v) is 3.01. The molecule has 2 aromatic heterocycles. The van der Waals surface area contributed by atoms with Gasteiger partial charge in [-0.15, -0.1) is 0 Å². The van der Waals surface area contributed by atoms with Gasteiger partial charge >= 0.3 is 5.97 Å². The topological polar surface area (TPSA) is 89.4 Å². The second-order valence-electron chi connectivity index (χ2n) is 3.01. The van der Waals surface area contributed by atoms with Gasteiger partial charge in [0.2, 0.25) is 5.89 Å². The SMILES string of the molecule is Cc1cc(-c2cnc(CC(=O)O)o2)no1. The number of carboxylic acids is 1. The van der Waals surface area contributed by atoms with E-state index >= 15 is 0 Å². The maximum atomic E-state index is 10.4. The van der Waals surface area contributed by atoms with Gasteiger partial charge in [-0.25, -0.2) is 4.98 Å². The van der Waals surface area contributed by atoms with E-state index in [1.165, 1.54) is 6.20 Å². The molecule has 6 heteroatoms. The normalized spacial score (nSPS) is 10.5. The van der Waals surface area contributed by atoms with Gasteiger partial charge in [-0.05, 0) is 6.92 Å². The van der Waals surface area contributed by atoms with Crippen LogP contribution in [-0.4, -0.2) is 21.2 Å². The molecule has 0 radical (unpaired) electrons. The molecule has 0 saturated heterocycles. The molecule has 0 fully saturated rings. The zero-order valence-electron chi connectivity index (χ0n) is 7.93. The molecule has 0 amide bonds. The summed E-state index contributed by atoms with van der Waals surface area (Å²) < 4.78 is 10.0. The molecule has 2 aromatic rings. The first-order valence-electron chi connectivity index (χ1n) is 4.25. The molecule has 15 heavy (non-hydrogen) atoms. The third-order valence-corrected chi connectivity index (χ3v) is 1.74. The molecule has 1 N–H and O–H groups in total. The van der Waals surface area contributed by atoms with Crippen LogP contribution in [-0.2, 0) is 11.2 Å². The Bertz CT molecular complexity index is 486. The molecular weight excluding hydrogens is 200 g/mol.